The number of amidine groups is 1. The summed E-state index contributed by atoms with van der Waals surface area (Å²) in [6.07, 6.45) is 3.35. The van der Waals surface area contributed by atoms with E-state index in [9.17, 15) is 9.59 Å². The standard InChI is InChI=1S/C26H33N3O3S/c1-16(2)32-25(31)23-19(5)27-26-29(24(23)20-11-9-17(3)10-12-20)21(15-33-26)14-22(30)28-13-7-6-8-18(28)4/h9-12,15-16,18,24H,6-8,13-14H2,1-5H3. The van der Waals surface area contributed by atoms with Crippen molar-refractivity contribution in [2.75, 3.05) is 6.54 Å². The van der Waals surface area contributed by atoms with Crippen molar-refractivity contribution in [3.8, 4) is 0 Å². The number of hydrogen-bond acceptors (Lipinski definition) is 6. The molecule has 2 atom stereocenters. The number of nitrogens with zero attached hydrogens (tertiary/aromatic N) is 3. The number of benzene rings is 1. The zero-order valence-electron chi connectivity index (χ0n) is 20.1. The molecule has 4 rings (SSSR count). The Kier molecular flexibility index (Phi) is 6.98. The van der Waals surface area contributed by atoms with Gasteiger partial charge in [0.2, 0.25) is 5.91 Å². The molecule has 3 heterocycles. The molecule has 0 aliphatic carbocycles. The molecule has 0 saturated carbocycles. The van der Waals surface area contributed by atoms with Gasteiger partial charge in [0, 0.05) is 18.3 Å². The molecule has 3 aliphatic rings. The van der Waals surface area contributed by atoms with Crippen LogP contribution >= 0.6 is 11.8 Å². The fourth-order valence-electron chi connectivity index (χ4n) is 4.70. The molecule has 1 fully saturated rings. The van der Waals surface area contributed by atoms with Crippen LogP contribution in [0.4, 0.5) is 0 Å². The van der Waals surface area contributed by atoms with Crippen molar-refractivity contribution >= 4 is 28.8 Å². The zero-order chi connectivity index (χ0) is 23.7. The van der Waals surface area contributed by atoms with E-state index in [1.165, 1.54) is 18.2 Å². The molecule has 33 heavy (non-hydrogen) atoms. The van der Waals surface area contributed by atoms with E-state index in [0.29, 0.717) is 17.7 Å². The van der Waals surface area contributed by atoms with E-state index in [4.69, 9.17) is 9.73 Å². The van der Waals surface area contributed by atoms with Gasteiger partial charge in [-0.1, -0.05) is 41.6 Å². The average molecular weight is 468 g/mol. The van der Waals surface area contributed by atoms with Gasteiger partial charge in [-0.15, -0.1) is 0 Å². The average Bonchev–Trinajstić information content (AvgIpc) is 3.15. The second-order valence-electron chi connectivity index (χ2n) is 9.37. The molecule has 176 valence electrons. The highest BCUT2D eigenvalue weighted by molar-refractivity contribution is 8.16. The number of carbonyl (C=O) groups excluding carboxylic acids is 2. The number of piperidine rings is 1. The normalized spacial score (nSPS) is 22.8. The Bertz CT molecular complexity index is 1030. The second kappa shape index (κ2) is 9.75. The third kappa shape index (κ3) is 4.88. The van der Waals surface area contributed by atoms with Gasteiger partial charge >= 0.3 is 5.97 Å². The Morgan fingerprint density at radius 3 is 2.58 bits per heavy atom. The van der Waals surface area contributed by atoms with Crippen molar-refractivity contribution in [2.24, 2.45) is 4.99 Å². The topological polar surface area (TPSA) is 62.2 Å². The molecule has 3 aliphatic heterocycles. The number of aliphatic imine (C=N–C) groups is 1. The number of likely N-dealkylation sites (tertiary alicyclic amines) is 1. The first kappa shape index (κ1) is 23.6. The van der Waals surface area contributed by atoms with Gasteiger partial charge in [-0.2, -0.15) is 0 Å². The van der Waals surface area contributed by atoms with Crippen LogP contribution in [0.1, 0.15) is 70.5 Å². The van der Waals surface area contributed by atoms with Crippen molar-refractivity contribution in [1.82, 2.24) is 9.80 Å². The Hall–Kier alpha value is -2.54. The van der Waals surface area contributed by atoms with Gasteiger partial charge in [0.1, 0.15) is 0 Å². The van der Waals surface area contributed by atoms with E-state index in [1.54, 1.807) is 0 Å². The van der Waals surface area contributed by atoms with E-state index in [1.807, 2.05) is 50.1 Å². The van der Waals surface area contributed by atoms with Gasteiger partial charge in [-0.3, -0.25) is 4.79 Å². The third-order valence-electron chi connectivity index (χ3n) is 6.41. The first-order valence-electron chi connectivity index (χ1n) is 11.8. The predicted molar refractivity (Wildman–Crippen MR) is 132 cm³/mol. The maximum absolute atomic E-state index is 13.3. The predicted octanol–water partition coefficient (Wildman–Crippen LogP) is 5.31. The van der Waals surface area contributed by atoms with Crippen molar-refractivity contribution in [1.29, 1.82) is 0 Å². The molecule has 1 aromatic carbocycles. The Morgan fingerprint density at radius 2 is 1.91 bits per heavy atom. The summed E-state index contributed by atoms with van der Waals surface area (Å²) < 4.78 is 5.62. The summed E-state index contributed by atoms with van der Waals surface area (Å²) in [5.41, 5.74) is 4.21. The van der Waals surface area contributed by atoms with Crippen LogP contribution in [0, 0.1) is 6.92 Å². The molecule has 0 N–H and O–H groups in total. The first-order chi connectivity index (χ1) is 15.8. The van der Waals surface area contributed by atoms with Crippen LogP contribution in [0.3, 0.4) is 0 Å². The van der Waals surface area contributed by atoms with E-state index in [-0.39, 0.29) is 30.1 Å². The minimum absolute atomic E-state index is 0.135. The summed E-state index contributed by atoms with van der Waals surface area (Å²) in [6, 6.07) is 8.09. The molecule has 1 amide bonds. The summed E-state index contributed by atoms with van der Waals surface area (Å²) in [6.45, 7) is 10.5. The SMILES string of the molecule is CC1=C(C(=O)OC(C)C)C(c2ccc(C)cc2)N2C(CC(=O)N3CCCCC3C)=CSC2=N1. The number of thioether (sulfide) groups is 1. The lowest BCUT2D eigenvalue weighted by Gasteiger charge is -2.38. The molecule has 0 radical (unpaired) electrons. The number of aryl methyl sites for hydroxylation is 1. The van der Waals surface area contributed by atoms with Crippen molar-refractivity contribution < 1.29 is 14.3 Å². The minimum Gasteiger partial charge on any atom is -0.459 e. The highest BCUT2D eigenvalue weighted by atomic mass is 32.2. The summed E-state index contributed by atoms with van der Waals surface area (Å²) in [4.78, 5) is 35.3. The number of fused-ring (bicyclic) bond motifs is 1. The number of carbonyl (C=O) groups is 2. The van der Waals surface area contributed by atoms with Crippen LogP contribution < -0.4 is 0 Å². The van der Waals surface area contributed by atoms with Crippen LogP contribution in [-0.4, -0.2) is 45.5 Å². The van der Waals surface area contributed by atoms with Crippen LogP contribution in [0.2, 0.25) is 0 Å². The summed E-state index contributed by atoms with van der Waals surface area (Å²) in [5, 5.41) is 2.81. The number of rotatable bonds is 5. The summed E-state index contributed by atoms with van der Waals surface area (Å²) in [5.74, 6) is -0.223. The number of ether oxygens (including phenoxy) is 1. The second-order valence-corrected chi connectivity index (χ2v) is 10.2. The quantitative estimate of drug-likeness (QED) is 0.549. The maximum Gasteiger partial charge on any atom is 0.338 e. The molecule has 0 spiro atoms. The van der Waals surface area contributed by atoms with Crippen molar-refractivity contribution in [3.05, 3.63) is 57.8 Å². The molecule has 6 nitrogen and oxygen atoms in total. The van der Waals surface area contributed by atoms with Crippen LogP contribution in [0.5, 0.6) is 0 Å². The molecule has 1 aromatic rings. The van der Waals surface area contributed by atoms with Crippen LogP contribution in [0.25, 0.3) is 0 Å². The Balaban J connectivity index is 1.69. The molecule has 2 unspecified atom stereocenters. The van der Waals surface area contributed by atoms with E-state index >= 15 is 0 Å². The third-order valence-corrected chi connectivity index (χ3v) is 7.30. The molecule has 0 aromatic heterocycles. The van der Waals surface area contributed by atoms with Gasteiger partial charge in [0.05, 0.1) is 29.8 Å². The number of amides is 1. The summed E-state index contributed by atoms with van der Waals surface area (Å²) in [7, 11) is 0. The fraction of sp³-hybridized carbons (Fsp3) is 0.500. The maximum atomic E-state index is 13.3. The number of allylic oxidation sites excluding steroid dienone is 1. The lowest BCUT2D eigenvalue weighted by atomic mass is 9.93. The van der Waals surface area contributed by atoms with Gasteiger partial charge < -0.3 is 14.5 Å². The molecular weight excluding hydrogens is 434 g/mol. The van der Waals surface area contributed by atoms with Gasteiger partial charge in [0.15, 0.2) is 5.17 Å². The van der Waals surface area contributed by atoms with Gasteiger partial charge in [0.25, 0.3) is 0 Å². The Morgan fingerprint density at radius 1 is 1.18 bits per heavy atom. The highest BCUT2D eigenvalue weighted by Gasteiger charge is 2.41. The zero-order valence-corrected chi connectivity index (χ0v) is 20.9. The lowest BCUT2D eigenvalue weighted by Crippen LogP contribution is -2.43. The minimum atomic E-state index is -0.378. The number of esters is 1. The van der Waals surface area contributed by atoms with Crippen molar-refractivity contribution in [2.45, 2.75) is 78.5 Å². The Labute approximate surface area is 200 Å². The number of hydrogen-bond donors (Lipinski definition) is 0. The van der Waals surface area contributed by atoms with Gasteiger partial charge in [-0.25, -0.2) is 9.79 Å². The van der Waals surface area contributed by atoms with E-state index in [0.717, 1.165) is 41.4 Å². The summed E-state index contributed by atoms with van der Waals surface area (Å²) >= 11 is 1.51. The monoisotopic (exact) mass is 467 g/mol. The smallest absolute Gasteiger partial charge is 0.338 e. The molecule has 0 bridgehead atoms. The fourth-order valence-corrected chi connectivity index (χ4v) is 5.66. The van der Waals surface area contributed by atoms with Crippen LogP contribution in [0.15, 0.2) is 51.6 Å². The molecule has 1 saturated heterocycles. The molecule has 7 heteroatoms. The van der Waals surface area contributed by atoms with Gasteiger partial charge in [-0.05, 0) is 64.9 Å². The van der Waals surface area contributed by atoms with Crippen LogP contribution in [-0.2, 0) is 14.3 Å². The first-order valence-corrected chi connectivity index (χ1v) is 12.7. The van der Waals surface area contributed by atoms with E-state index < -0.39 is 0 Å². The lowest BCUT2D eigenvalue weighted by molar-refractivity contribution is -0.143. The van der Waals surface area contributed by atoms with Crippen molar-refractivity contribution in [3.63, 3.8) is 0 Å². The molecular formula is C26H33N3O3S. The highest BCUT2D eigenvalue weighted by Crippen LogP contribution is 2.45. The largest absolute Gasteiger partial charge is 0.459 e. The van der Waals surface area contributed by atoms with E-state index in [2.05, 4.69) is 24.0 Å².